The van der Waals surface area contributed by atoms with E-state index in [1.807, 2.05) is 0 Å². The van der Waals surface area contributed by atoms with Crippen molar-refractivity contribution in [2.24, 2.45) is 0 Å². The largest absolute Gasteiger partial charge is 0.462 e. The first-order chi connectivity index (χ1) is 7.07. The molecule has 0 aromatic rings. The molecule has 0 radical (unpaired) electrons. The van der Waals surface area contributed by atoms with Gasteiger partial charge in [0, 0.05) is 5.57 Å². The second-order valence-electron chi connectivity index (χ2n) is 3.93. The highest BCUT2D eigenvalue weighted by Crippen LogP contribution is 1.97. The van der Waals surface area contributed by atoms with Crippen LogP contribution in [0, 0.1) is 0 Å². The van der Waals surface area contributed by atoms with Crippen LogP contribution in [-0.4, -0.2) is 37.6 Å². The Kier molecular flexibility index (Phi) is 8.01. The third-order valence-corrected chi connectivity index (χ3v) is 2.12. The molecule has 0 aliphatic heterocycles. The molecule has 0 spiro atoms. The molecule has 0 unspecified atom stereocenters. The number of ether oxygens (including phenoxy) is 1. The molecule has 0 saturated heterocycles. The second kappa shape index (κ2) is 8.48. The third kappa shape index (κ3) is 8.18. The van der Waals surface area contributed by atoms with Crippen molar-refractivity contribution >= 4 is 5.97 Å². The van der Waals surface area contributed by atoms with Crippen LogP contribution in [0.25, 0.3) is 0 Å². The molecule has 0 aliphatic carbocycles. The zero-order chi connectivity index (χ0) is 11.7. The Bertz CT molecular complexity index is 202. The van der Waals surface area contributed by atoms with Gasteiger partial charge in [-0.3, -0.25) is 0 Å². The Hall–Kier alpha value is -0.830. The fourth-order valence-corrected chi connectivity index (χ4v) is 1.27. The van der Waals surface area contributed by atoms with Crippen LogP contribution in [0.1, 0.15) is 33.1 Å². The minimum atomic E-state index is -0.281. The van der Waals surface area contributed by atoms with Gasteiger partial charge in [-0.25, -0.2) is 4.79 Å². The average Bonchev–Trinajstić information content (AvgIpc) is 2.17. The van der Waals surface area contributed by atoms with Crippen LogP contribution in [0.5, 0.6) is 0 Å². The van der Waals surface area contributed by atoms with Gasteiger partial charge in [0.25, 0.3) is 0 Å². The van der Waals surface area contributed by atoms with Crippen LogP contribution in [0.2, 0.25) is 0 Å². The summed E-state index contributed by atoms with van der Waals surface area (Å²) in [5.74, 6) is -0.281. The van der Waals surface area contributed by atoms with Crippen molar-refractivity contribution in [3.8, 4) is 0 Å². The van der Waals surface area contributed by atoms with E-state index in [4.69, 9.17) is 4.74 Å². The summed E-state index contributed by atoms with van der Waals surface area (Å²) in [6.45, 7) is 10.1. The highest BCUT2D eigenvalue weighted by molar-refractivity contribution is 5.86. The van der Waals surface area contributed by atoms with E-state index in [1.54, 1.807) is 6.92 Å². The van der Waals surface area contributed by atoms with Crippen LogP contribution in [0.15, 0.2) is 12.2 Å². The smallest absolute Gasteiger partial charge is 0.333 e. The van der Waals surface area contributed by atoms with Crippen LogP contribution < -0.4 is 0 Å². The molecule has 3 heteroatoms. The van der Waals surface area contributed by atoms with Gasteiger partial charge in [0.05, 0.1) is 6.61 Å². The predicted molar refractivity (Wildman–Crippen MR) is 62.8 cm³/mol. The molecule has 0 aromatic carbocycles. The number of unbranched alkanes of at least 4 members (excludes halogenated alkanes) is 1. The van der Waals surface area contributed by atoms with Crippen molar-refractivity contribution < 1.29 is 9.53 Å². The molecule has 0 amide bonds. The summed E-state index contributed by atoms with van der Waals surface area (Å²) < 4.78 is 4.99. The number of nitrogens with zero attached hydrogens (tertiary/aromatic N) is 1. The SMILES string of the molecule is C=C(C)C(=O)OCCCCN(C)CCC. The number of carbonyl (C=O) groups excluding carboxylic acids is 1. The number of hydrogen-bond donors (Lipinski definition) is 0. The fraction of sp³-hybridized carbons (Fsp3) is 0.750. The van der Waals surface area contributed by atoms with Crippen molar-refractivity contribution in [3.05, 3.63) is 12.2 Å². The molecule has 0 bridgehead atoms. The van der Waals surface area contributed by atoms with Gasteiger partial charge in [0.1, 0.15) is 0 Å². The molecule has 0 rings (SSSR count). The fourth-order valence-electron chi connectivity index (χ4n) is 1.27. The van der Waals surface area contributed by atoms with Crippen molar-refractivity contribution in [1.82, 2.24) is 4.90 Å². The van der Waals surface area contributed by atoms with E-state index in [1.165, 1.54) is 6.42 Å². The van der Waals surface area contributed by atoms with Crippen LogP contribution in [0.3, 0.4) is 0 Å². The summed E-state index contributed by atoms with van der Waals surface area (Å²) in [5, 5.41) is 0. The lowest BCUT2D eigenvalue weighted by Crippen LogP contribution is -2.20. The molecule has 15 heavy (non-hydrogen) atoms. The van der Waals surface area contributed by atoms with Gasteiger partial charge in [0.15, 0.2) is 0 Å². The van der Waals surface area contributed by atoms with E-state index in [-0.39, 0.29) is 5.97 Å². The quantitative estimate of drug-likeness (QED) is 0.352. The van der Waals surface area contributed by atoms with Crippen molar-refractivity contribution in [1.29, 1.82) is 0 Å². The van der Waals surface area contributed by atoms with Crippen LogP contribution in [0.4, 0.5) is 0 Å². The predicted octanol–water partition coefficient (Wildman–Crippen LogP) is 2.23. The lowest BCUT2D eigenvalue weighted by atomic mass is 10.3. The van der Waals surface area contributed by atoms with Crippen LogP contribution >= 0.6 is 0 Å². The summed E-state index contributed by atoms with van der Waals surface area (Å²) in [5.41, 5.74) is 0.470. The molecule has 3 nitrogen and oxygen atoms in total. The summed E-state index contributed by atoms with van der Waals surface area (Å²) in [6, 6.07) is 0. The Morgan fingerprint density at radius 2 is 2.00 bits per heavy atom. The molecule has 0 atom stereocenters. The van der Waals surface area contributed by atoms with Gasteiger partial charge in [-0.1, -0.05) is 13.5 Å². The monoisotopic (exact) mass is 213 g/mol. The maximum absolute atomic E-state index is 11.0. The highest BCUT2D eigenvalue weighted by Gasteiger charge is 2.02. The number of carbonyl (C=O) groups is 1. The first-order valence-corrected chi connectivity index (χ1v) is 5.59. The molecule has 0 N–H and O–H groups in total. The van der Waals surface area contributed by atoms with E-state index in [0.29, 0.717) is 12.2 Å². The van der Waals surface area contributed by atoms with Crippen molar-refractivity contribution in [2.45, 2.75) is 33.1 Å². The zero-order valence-electron chi connectivity index (χ0n) is 10.2. The van der Waals surface area contributed by atoms with E-state index < -0.39 is 0 Å². The molecular weight excluding hydrogens is 190 g/mol. The van der Waals surface area contributed by atoms with E-state index in [2.05, 4.69) is 25.5 Å². The van der Waals surface area contributed by atoms with E-state index in [9.17, 15) is 4.79 Å². The summed E-state index contributed by atoms with van der Waals surface area (Å²) in [7, 11) is 2.11. The standard InChI is InChI=1S/C12H23NO2/c1-5-8-13(4)9-6-7-10-15-12(14)11(2)3/h2,5-10H2,1,3-4H3. The normalized spacial score (nSPS) is 10.4. The first-order valence-electron chi connectivity index (χ1n) is 5.59. The molecule has 0 aliphatic rings. The topological polar surface area (TPSA) is 29.5 Å². The van der Waals surface area contributed by atoms with Crippen molar-refractivity contribution in [3.63, 3.8) is 0 Å². The second-order valence-corrected chi connectivity index (χ2v) is 3.93. The molecule has 0 saturated carbocycles. The third-order valence-electron chi connectivity index (χ3n) is 2.12. The summed E-state index contributed by atoms with van der Waals surface area (Å²) in [6.07, 6.45) is 3.17. The van der Waals surface area contributed by atoms with Gasteiger partial charge in [-0.2, -0.15) is 0 Å². The maximum atomic E-state index is 11.0. The van der Waals surface area contributed by atoms with Gasteiger partial charge < -0.3 is 9.64 Å². The molecular formula is C12H23NO2. The van der Waals surface area contributed by atoms with Gasteiger partial charge >= 0.3 is 5.97 Å². The summed E-state index contributed by atoms with van der Waals surface area (Å²) in [4.78, 5) is 13.3. The van der Waals surface area contributed by atoms with Crippen molar-refractivity contribution in [2.75, 3.05) is 26.7 Å². The Labute approximate surface area is 93.1 Å². The van der Waals surface area contributed by atoms with Gasteiger partial charge in [0.2, 0.25) is 0 Å². The van der Waals surface area contributed by atoms with Gasteiger partial charge in [-0.05, 0) is 46.3 Å². The van der Waals surface area contributed by atoms with E-state index >= 15 is 0 Å². The average molecular weight is 213 g/mol. The molecule has 0 aromatic heterocycles. The first kappa shape index (κ1) is 14.2. The molecule has 88 valence electrons. The highest BCUT2D eigenvalue weighted by atomic mass is 16.5. The summed E-state index contributed by atoms with van der Waals surface area (Å²) >= 11 is 0. The number of esters is 1. The van der Waals surface area contributed by atoms with Crippen LogP contribution in [-0.2, 0) is 9.53 Å². The van der Waals surface area contributed by atoms with E-state index in [0.717, 1.165) is 25.9 Å². The Morgan fingerprint density at radius 1 is 1.33 bits per heavy atom. The molecule has 0 fully saturated rings. The lowest BCUT2D eigenvalue weighted by Gasteiger charge is -2.14. The number of hydrogen-bond acceptors (Lipinski definition) is 3. The molecule has 0 heterocycles. The number of rotatable bonds is 8. The maximum Gasteiger partial charge on any atom is 0.333 e. The minimum Gasteiger partial charge on any atom is -0.462 e. The zero-order valence-corrected chi connectivity index (χ0v) is 10.2. The van der Waals surface area contributed by atoms with Gasteiger partial charge in [-0.15, -0.1) is 0 Å². The Balaban J connectivity index is 3.32. The lowest BCUT2D eigenvalue weighted by molar-refractivity contribution is -0.139. The Morgan fingerprint density at radius 3 is 2.53 bits per heavy atom. The minimum absolute atomic E-state index is 0.281.